The van der Waals surface area contributed by atoms with Gasteiger partial charge in [-0.3, -0.25) is 5.10 Å². The van der Waals surface area contributed by atoms with Gasteiger partial charge in [-0.05, 0) is 40.0 Å². The highest BCUT2D eigenvalue weighted by atomic mass is 79.9. The molecular formula is C9H10BrN3O. The average Bonchev–Trinajstić information content (AvgIpc) is 2.57. The van der Waals surface area contributed by atoms with Crippen molar-refractivity contribution in [3.05, 3.63) is 28.4 Å². The quantitative estimate of drug-likeness (QED) is 0.822. The van der Waals surface area contributed by atoms with Gasteiger partial charge >= 0.3 is 0 Å². The van der Waals surface area contributed by atoms with Crippen molar-refractivity contribution in [2.24, 2.45) is 5.90 Å². The molecule has 4 nitrogen and oxygen atoms in total. The van der Waals surface area contributed by atoms with Crippen LogP contribution in [0.5, 0.6) is 0 Å². The first-order valence-corrected chi connectivity index (χ1v) is 5.05. The summed E-state index contributed by atoms with van der Waals surface area (Å²) in [4.78, 5) is 4.53. The lowest BCUT2D eigenvalue weighted by atomic mass is 10.1. The van der Waals surface area contributed by atoms with Crippen molar-refractivity contribution >= 4 is 26.8 Å². The van der Waals surface area contributed by atoms with E-state index in [2.05, 4.69) is 37.0 Å². The van der Waals surface area contributed by atoms with E-state index in [1.165, 1.54) is 5.56 Å². The third-order valence-electron chi connectivity index (χ3n) is 2.08. The second kappa shape index (κ2) is 4.08. The normalized spacial score (nSPS) is 11.0. The minimum Gasteiger partial charge on any atom is -0.304 e. The number of halogens is 1. The summed E-state index contributed by atoms with van der Waals surface area (Å²) in [5, 5.41) is 8.07. The monoisotopic (exact) mass is 255 g/mol. The van der Waals surface area contributed by atoms with Crippen LogP contribution in [0.2, 0.25) is 0 Å². The SMILES string of the molecule is NOCCc1ccc2n[nH]c(Br)c2c1. The molecule has 0 aliphatic rings. The van der Waals surface area contributed by atoms with Gasteiger partial charge in [0, 0.05) is 5.39 Å². The van der Waals surface area contributed by atoms with E-state index in [-0.39, 0.29) is 0 Å². The van der Waals surface area contributed by atoms with Crippen LogP contribution in [0.25, 0.3) is 10.9 Å². The molecule has 0 amide bonds. The molecule has 0 saturated carbocycles. The van der Waals surface area contributed by atoms with Crippen molar-refractivity contribution in [2.75, 3.05) is 6.61 Å². The number of aromatic nitrogens is 2. The van der Waals surface area contributed by atoms with Crippen molar-refractivity contribution < 1.29 is 4.84 Å². The summed E-state index contributed by atoms with van der Waals surface area (Å²) in [5.74, 6) is 4.97. The van der Waals surface area contributed by atoms with E-state index < -0.39 is 0 Å². The maximum absolute atomic E-state index is 4.97. The fourth-order valence-corrected chi connectivity index (χ4v) is 1.76. The molecule has 0 bridgehead atoms. The second-order valence-corrected chi connectivity index (χ2v) is 3.80. The van der Waals surface area contributed by atoms with Crippen molar-refractivity contribution in [2.45, 2.75) is 6.42 Å². The molecule has 0 aliphatic carbocycles. The Balaban J connectivity index is 2.34. The van der Waals surface area contributed by atoms with Crippen molar-refractivity contribution in [3.8, 4) is 0 Å². The van der Waals surface area contributed by atoms with E-state index in [9.17, 15) is 0 Å². The van der Waals surface area contributed by atoms with Gasteiger partial charge in [-0.2, -0.15) is 5.10 Å². The molecule has 14 heavy (non-hydrogen) atoms. The Morgan fingerprint density at radius 2 is 2.36 bits per heavy atom. The summed E-state index contributed by atoms with van der Waals surface area (Å²) in [6, 6.07) is 6.07. The molecule has 0 fully saturated rings. The van der Waals surface area contributed by atoms with Gasteiger partial charge < -0.3 is 4.84 Å². The minimum absolute atomic E-state index is 0.529. The topological polar surface area (TPSA) is 63.9 Å². The van der Waals surface area contributed by atoms with E-state index in [1.807, 2.05) is 12.1 Å². The number of nitrogens with one attached hydrogen (secondary N) is 1. The molecule has 0 atom stereocenters. The number of H-pyrrole nitrogens is 1. The molecule has 3 N–H and O–H groups in total. The van der Waals surface area contributed by atoms with E-state index in [4.69, 9.17) is 5.90 Å². The fourth-order valence-electron chi connectivity index (χ4n) is 1.36. The van der Waals surface area contributed by atoms with Crippen LogP contribution in [0.4, 0.5) is 0 Å². The van der Waals surface area contributed by atoms with E-state index in [0.717, 1.165) is 21.9 Å². The molecule has 5 heteroatoms. The highest BCUT2D eigenvalue weighted by Crippen LogP contribution is 2.21. The maximum atomic E-state index is 4.97. The number of nitrogens with zero attached hydrogens (tertiary/aromatic N) is 1. The van der Waals surface area contributed by atoms with Crippen LogP contribution in [0.1, 0.15) is 5.56 Å². The summed E-state index contributed by atoms with van der Waals surface area (Å²) in [6.45, 7) is 0.529. The van der Waals surface area contributed by atoms with Crippen molar-refractivity contribution in [1.29, 1.82) is 0 Å². The summed E-state index contributed by atoms with van der Waals surface area (Å²) in [6.07, 6.45) is 0.810. The molecule has 2 rings (SSSR count). The zero-order chi connectivity index (χ0) is 9.97. The Hall–Kier alpha value is -0.910. The molecule has 0 radical (unpaired) electrons. The lowest BCUT2D eigenvalue weighted by molar-refractivity contribution is 0.141. The number of hydrogen-bond donors (Lipinski definition) is 2. The Morgan fingerprint density at radius 1 is 1.50 bits per heavy atom. The number of benzene rings is 1. The third kappa shape index (κ3) is 1.79. The Morgan fingerprint density at radius 3 is 3.14 bits per heavy atom. The first-order chi connectivity index (χ1) is 6.81. The fraction of sp³-hybridized carbons (Fsp3) is 0.222. The Labute approximate surface area is 89.5 Å². The molecule has 1 heterocycles. The molecule has 0 unspecified atom stereocenters. The van der Waals surface area contributed by atoms with Gasteiger partial charge in [0.1, 0.15) is 4.60 Å². The minimum atomic E-state index is 0.529. The van der Waals surface area contributed by atoms with Crippen LogP contribution < -0.4 is 5.90 Å². The van der Waals surface area contributed by atoms with Crippen LogP contribution in [-0.4, -0.2) is 16.8 Å². The van der Waals surface area contributed by atoms with Gasteiger partial charge in [-0.15, -0.1) is 0 Å². The van der Waals surface area contributed by atoms with Gasteiger partial charge in [0.15, 0.2) is 0 Å². The van der Waals surface area contributed by atoms with Crippen molar-refractivity contribution in [1.82, 2.24) is 10.2 Å². The van der Waals surface area contributed by atoms with Crippen LogP contribution >= 0.6 is 15.9 Å². The van der Waals surface area contributed by atoms with E-state index >= 15 is 0 Å². The third-order valence-corrected chi connectivity index (χ3v) is 2.69. The Kier molecular flexibility index (Phi) is 2.81. The first-order valence-electron chi connectivity index (χ1n) is 4.25. The van der Waals surface area contributed by atoms with Gasteiger partial charge in [0.05, 0.1) is 12.1 Å². The van der Waals surface area contributed by atoms with E-state index in [0.29, 0.717) is 6.61 Å². The zero-order valence-corrected chi connectivity index (χ0v) is 9.04. The van der Waals surface area contributed by atoms with Crippen LogP contribution in [0, 0.1) is 0 Å². The summed E-state index contributed by atoms with van der Waals surface area (Å²) >= 11 is 3.40. The van der Waals surface area contributed by atoms with Crippen LogP contribution in [-0.2, 0) is 11.3 Å². The number of nitrogens with two attached hydrogens (primary N) is 1. The summed E-state index contributed by atoms with van der Waals surface area (Å²) < 4.78 is 0.906. The average molecular weight is 256 g/mol. The van der Waals surface area contributed by atoms with Gasteiger partial charge in [0.2, 0.25) is 0 Å². The standard InChI is InChI=1S/C9H10BrN3O/c10-9-7-5-6(3-4-14-11)1-2-8(7)12-13-9/h1-2,5H,3-4,11H2,(H,12,13). The van der Waals surface area contributed by atoms with Crippen molar-refractivity contribution in [3.63, 3.8) is 0 Å². The molecule has 0 spiro atoms. The lowest BCUT2D eigenvalue weighted by Gasteiger charge is -1.99. The number of rotatable bonds is 3. The van der Waals surface area contributed by atoms with Crippen LogP contribution in [0.15, 0.2) is 22.8 Å². The molecule has 74 valence electrons. The first kappa shape index (κ1) is 9.64. The largest absolute Gasteiger partial charge is 0.304 e. The molecule has 0 aliphatic heterocycles. The smallest absolute Gasteiger partial charge is 0.108 e. The number of aromatic amines is 1. The molecule has 1 aromatic carbocycles. The zero-order valence-electron chi connectivity index (χ0n) is 7.46. The van der Waals surface area contributed by atoms with Gasteiger partial charge in [-0.25, -0.2) is 5.90 Å². The highest BCUT2D eigenvalue weighted by molar-refractivity contribution is 9.10. The predicted octanol–water partition coefficient (Wildman–Crippen LogP) is 1.76. The molecule has 2 aromatic rings. The predicted molar refractivity (Wildman–Crippen MR) is 57.6 cm³/mol. The van der Waals surface area contributed by atoms with Gasteiger partial charge in [0.25, 0.3) is 0 Å². The molecule has 1 aromatic heterocycles. The molecule has 0 saturated heterocycles. The number of fused-ring (bicyclic) bond motifs is 1. The lowest BCUT2D eigenvalue weighted by Crippen LogP contribution is -2.03. The summed E-state index contributed by atoms with van der Waals surface area (Å²) in [7, 11) is 0. The maximum Gasteiger partial charge on any atom is 0.108 e. The number of hydrogen-bond acceptors (Lipinski definition) is 3. The summed E-state index contributed by atoms with van der Waals surface area (Å²) in [5.41, 5.74) is 2.14. The highest BCUT2D eigenvalue weighted by Gasteiger charge is 2.03. The second-order valence-electron chi connectivity index (χ2n) is 3.01. The van der Waals surface area contributed by atoms with Gasteiger partial charge in [-0.1, -0.05) is 6.07 Å². The molecular weight excluding hydrogens is 246 g/mol. The Bertz CT molecular complexity index is 441. The van der Waals surface area contributed by atoms with Crippen LogP contribution in [0.3, 0.4) is 0 Å². The van der Waals surface area contributed by atoms with E-state index in [1.54, 1.807) is 0 Å².